The lowest BCUT2D eigenvalue weighted by Gasteiger charge is -2.36. The highest BCUT2D eigenvalue weighted by Gasteiger charge is 2.26. The predicted molar refractivity (Wildman–Crippen MR) is 103 cm³/mol. The minimum atomic E-state index is -0.295. The fraction of sp³-hybridized carbons (Fsp3) is 0.250. The summed E-state index contributed by atoms with van der Waals surface area (Å²) in [5.41, 5.74) is 1.89. The quantitative estimate of drug-likeness (QED) is 0.753. The van der Waals surface area contributed by atoms with Crippen LogP contribution in [-0.4, -0.2) is 46.5 Å². The molecular formula is C20H19N5O2. The van der Waals surface area contributed by atoms with Crippen molar-refractivity contribution in [1.29, 1.82) is 5.26 Å². The van der Waals surface area contributed by atoms with Crippen LogP contribution in [-0.2, 0) is 7.05 Å². The van der Waals surface area contributed by atoms with Crippen LogP contribution in [0.25, 0.3) is 10.9 Å². The topological polar surface area (TPSA) is 85.1 Å². The first-order valence-electron chi connectivity index (χ1n) is 8.81. The van der Waals surface area contributed by atoms with Crippen molar-refractivity contribution in [2.24, 2.45) is 7.05 Å². The van der Waals surface area contributed by atoms with Crippen molar-refractivity contribution in [1.82, 2.24) is 14.5 Å². The van der Waals surface area contributed by atoms with E-state index in [0.29, 0.717) is 37.6 Å². The highest BCUT2D eigenvalue weighted by Crippen LogP contribution is 2.29. The maximum atomic E-state index is 12.7. The normalized spacial score (nSPS) is 14.4. The third kappa shape index (κ3) is 2.75. The summed E-state index contributed by atoms with van der Waals surface area (Å²) in [6.45, 7) is 2.20. The molecule has 0 spiro atoms. The number of H-pyrrole nitrogens is 1. The molecule has 1 amide bonds. The summed E-state index contributed by atoms with van der Waals surface area (Å²) < 4.78 is 1.52. The molecule has 136 valence electrons. The summed E-state index contributed by atoms with van der Waals surface area (Å²) in [5.74, 6) is -0.0333. The minimum absolute atomic E-state index is 0.0333. The van der Waals surface area contributed by atoms with Crippen LogP contribution in [0.1, 0.15) is 16.1 Å². The summed E-state index contributed by atoms with van der Waals surface area (Å²) in [6.07, 6.45) is 1.73. The van der Waals surface area contributed by atoms with Crippen molar-refractivity contribution in [2.75, 3.05) is 31.1 Å². The Balaban J connectivity index is 1.68. The number of piperazine rings is 1. The summed E-state index contributed by atoms with van der Waals surface area (Å²) in [6, 6.07) is 13.2. The number of carbonyl (C=O) groups excluding carboxylic acids is 1. The van der Waals surface area contributed by atoms with Gasteiger partial charge >= 0.3 is 0 Å². The summed E-state index contributed by atoms with van der Waals surface area (Å²) in [4.78, 5) is 31.9. The van der Waals surface area contributed by atoms with Crippen molar-refractivity contribution < 1.29 is 4.79 Å². The van der Waals surface area contributed by atoms with Crippen LogP contribution in [0.15, 0.2) is 47.4 Å². The van der Waals surface area contributed by atoms with E-state index in [9.17, 15) is 14.9 Å². The summed E-state index contributed by atoms with van der Waals surface area (Å²) >= 11 is 0. The minimum Gasteiger partial charge on any atom is -0.366 e. The first-order chi connectivity index (χ1) is 13.1. The number of benzene rings is 1. The maximum Gasteiger partial charge on any atom is 0.270 e. The van der Waals surface area contributed by atoms with Crippen LogP contribution >= 0.6 is 0 Å². The Hall–Kier alpha value is -3.53. The Morgan fingerprint density at radius 3 is 2.52 bits per heavy atom. The number of nitrogens with zero attached hydrogens (tertiary/aromatic N) is 4. The number of pyridine rings is 1. The van der Waals surface area contributed by atoms with E-state index in [-0.39, 0.29) is 17.0 Å². The van der Waals surface area contributed by atoms with Crippen LogP contribution in [0.2, 0.25) is 0 Å². The molecule has 0 unspecified atom stereocenters. The van der Waals surface area contributed by atoms with Crippen LogP contribution in [0.4, 0.5) is 5.69 Å². The molecule has 2 aromatic heterocycles. The molecule has 1 saturated heterocycles. The van der Waals surface area contributed by atoms with E-state index in [0.717, 1.165) is 10.9 Å². The molecule has 1 fully saturated rings. The average Bonchev–Trinajstić information content (AvgIpc) is 3.25. The largest absolute Gasteiger partial charge is 0.366 e. The van der Waals surface area contributed by atoms with Gasteiger partial charge in [-0.3, -0.25) is 9.59 Å². The molecular weight excluding hydrogens is 342 g/mol. The molecule has 7 nitrogen and oxygen atoms in total. The molecule has 4 rings (SSSR count). The molecule has 1 aliphatic heterocycles. The fourth-order valence-corrected chi connectivity index (χ4v) is 3.68. The van der Waals surface area contributed by atoms with Gasteiger partial charge in [0.15, 0.2) is 0 Å². The van der Waals surface area contributed by atoms with Crippen LogP contribution in [0, 0.1) is 11.3 Å². The number of fused-ring (bicyclic) bond motifs is 1. The zero-order valence-electron chi connectivity index (χ0n) is 15.0. The van der Waals surface area contributed by atoms with E-state index in [1.54, 1.807) is 30.3 Å². The van der Waals surface area contributed by atoms with Crippen molar-refractivity contribution in [3.8, 4) is 6.07 Å². The number of anilines is 1. The molecule has 3 aromatic rings. The number of aromatic amines is 1. The van der Waals surface area contributed by atoms with Gasteiger partial charge in [0.1, 0.15) is 17.3 Å². The molecule has 3 heterocycles. The standard InChI is InChI=1S/C20H19N5O2/c1-23-17-7-3-2-5-14(17)18(15(13-21)19(23)26)24-9-11-25(12-10-24)20(27)16-6-4-8-22-16/h2-8,22H,9-12H2,1H3. The molecule has 0 atom stereocenters. The molecule has 1 N–H and O–H groups in total. The fourth-order valence-electron chi connectivity index (χ4n) is 3.68. The zero-order chi connectivity index (χ0) is 19.0. The molecule has 0 saturated carbocycles. The number of aryl methyl sites for hydroxylation is 1. The highest BCUT2D eigenvalue weighted by atomic mass is 16.2. The van der Waals surface area contributed by atoms with Gasteiger partial charge in [-0.25, -0.2) is 0 Å². The number of nitrogens with one attached hydrogen (secondary N) is 1. The Morgan fingerprint density at radius 1 is 1.11 bits per heavy atom. The van der Waals surface area contributed by atoms with E-state index in [1.165, 1.54) is 4.57 Å². The molecule has 0 radical (unpaired) electrons. The van der Waals surface area contributed by atoms with E-state index >= 15 is 0 Å². The molecule has 1 aliphatic rings. The number of hydrogen-bond acceptors (Lipinski definition) is 4. The second-order valence-electron chi connectivity index (χ2n) is 6.58. The number of amides is 1. The molecule has 0 bridgehead atoms. The van der Waals surface area contributed by atoms with Crippen molar-refractivity contribution >= 4 is 22.5 Å². The van der Waals surface area contributed by atoms with Gasteiger partial charge in [0.2, 0.25) is 0 Å². The van der Waals surface area contributed by atoms with Gasteiger partial charge < -0.3 is 19.4 Å². The second kappa shape index (κ2) is 6.65. The third-order valence-corrected chi connectivity index (χ3v) is 5.10. The smallest absolute Gasteiger partial charge is 0.270 e. The van der Waals surface area contributed by atoms with Gasteiger partial charge in [-0.15, -0.1) is 0 Å². The van der Waals surface area contributed by atoms with Crippen molar-refractivity contribution in [3.63, 3.8) is 0 Å². The van der Waals surface area contributed by atoms with Gasteiger partial charge in [0.05, 0.1) is 11.2 Å². The lowest BCUT2D eigenvalue weighted by atomic mass is 10.1. The van der Waals surface area contributed by atoms with E-state index in [2.05, 4.69) is 11.1 Å². The Bertz CT molecular complexity index is 1100. The average molecular weight is 361 g/mol. The number of carbonyl (C=O) groups is 1. The number of aromatic nitrogens is 2. The van der Waals surface area contributed by atoms with E-state index in [1.807, 2.05) is 29.2 Å². The lowest BCUT2D eigenvalue weighted by Crippen LogP contribution is -2.49. The van der Waals surface area contributed by atoms with Gasteiger partial charge in [-0.1, -0.05) is 18.2 Å². The first kappa shape index (κ1) is 16.9. The van der Waals surface area contributed by atoms with Crippen LogP contribution in [0.3, 0.4) is 0 Å². The van der Waals surface area contributed by atoms with Gasteiger partial charge in [0, 0.05) is 44.8 Å². The number of para-hydroxylation sites is 1. The Morgan fingerprint density at radius 2 is 1.85 bits per heavy atom. The lowest BCUT2D eigenvalue weighted by molar-refractivity contribution is 0.0741. The maximum absolute atomic E-state index is 12.7. The number of nitriles is 1. The first-order valence-corrected chi connectivity index (χ1v) is 8.81. The van der Waals surface area contributed by atoms with Gasteiger partial charge in [-0.05, 0) is 18.2 Å². The Kier molecular flexibility index (Phi) is 4.16. The van der Waals surface area contributed by atoms with Gasteiger partial charge in [-0.2, -0.15) is 5.26 Å². The number of rotatable bonds is 2. The monoisotopic (exact) mass is 361 g/mol. The predicted octanol–water partition coefficient (Wildman–Crippen LogP) is 1.70. The van der Waals surface area contributed by atoms with Crippen LogP contribution < -0.4 is 10.5 Å². The summed E-state index contributed by atoms with van der Waals surface area (Å²) in [5, 5.41) is 10.5. The second-order valence-corrected chi connectivity index (χ2v) is 6.58. The summed E-state index contributed by atoms with van der Waals surface area (Å²) in [7, 11) is 1.68. The molecule has 27 heavy (non-hydrogen) atoms. The highest BCUT2D eigenvalue weighted by molar-refractivity contribution is 5.95. The van der Waals surface area contributed by atoms with E-state index < -0.39 is 0 Å². The van der Waals surface area contributed by atoms with Crippen molar-refractivity contribution in [2.45, 2.75) is 0 Å². The SMILES string of the molecule is Cn1c(=O)c(C#N)c(N2CCN(C(=O)c3ccc[nH]3)CC2)c2ccccc21. The molecule has 1 aromatic carbocycles. The molecule has 0 aliphatic carbocycles. The Labute approximate surface area is 156 Å². The zero-order valence-corrected chi connectivity index (χ0v) is 15.0. The van der Waals surface area contributed by atoms with Crippen molar-refractivity contribution in [3.05, 3.63) is 64.2 Å². The van der Waals surface area contributed by atoms with Crippen LogP contribution in [0.5, 0.6) is 0 Å². The number of hydrogen-bond donors (Lipinski definition) is 1. The third-order valence-electron chi connectivity index (χ3n) is 5.10. The molecule has 7 heteroatoms. The van der Waals surface area contributed by atoms with E-state index in [4.69, 9.17) is 0 Å². The van der Waals surface area contributed by atoms with Gasteiger partial charge in [0.25, 0.3) is 11.5 Å².